The van der Waals surface area contributed by atoms with Crippen molar-refractivity contribution >= 4 is 12.0 Å². The molecule has 2 atom stereocenters. The summed E-state index contributed by atoms with van der Waals surface area (Å²) < 4.78 is 27.0. The number of rotatable bonds is 4. The molecule has 7 heteroatoms. The molecule has 1 saturated heterocycles. The molecule has 2 unspecified atom stereocenters. The fraction of sp³-hybridized carbons (Fsp3) is 0.500. The van der Waals surface area contributed by atoms with Crippen LogP contribution in [0.5, 0.6) is 0 Å². The van der Waals surface area contributed by atoms with Crippen LogP contribution >= 0.6 is 0 Å². The Balaban J connectivity index is 1.88. The molecule has 1 aliphatic heterocycles. The number of likely N-dealkylation sites (tertiary alicyclic amines) is 1. The first-order chi connectivity index (χ1) is 10.9. The van der Waals surface area contributed by atoms with Gasteiger partial charge in [0.15, 0.2) is 0 Å². The Kier molecular flexibility index (Phi) is 5.52. The maximum absolute atomic E-state index is 13.5. The molecular weight excluding hydrogens is 306 g/mol. The summed E-state index contributed by atoms with van der Waals surface area (Å²) in [5.74, 6) is -2.68. The summed E-state index contributed by atoms with van der Waals surface area (Å²) in [7, 11) is 0. The van der Waals surface area contributed by atoms with E-state index in [9.17, 15) is 18.4 Å². The van der Waals surface area contributed by atoms with E-state index in [1.165, 1.54) is 23.1 Å². The number of hydrogen-bond donors (Lipinski definition) is 2. The third-order valence-electron chi connectivity index (χ3n) is 4.01. The average Bonchev–Trinajstić information content (AvgIpc) is 2.49. The normalized spacial score (nSPS) is 21.1. The number of aliphatic carboxylic acids is 1. The van der Waals surface area contributed by atoms with Gasteiger partial charge in [-0.2, -0.15) is 0 Å². The van der Waals surface area contributed by atoms with Gasteiger partial charge < -0.3 is 15.3 Å². The molecule has 126 valence electrons. The summed E-state index contributed by atoms with van der Waals surface area (Å²) in [6.45, 7) is 2.60. The number of urea groups is 1. The van der Waals surface area contributed by atoms with Crippen molar-refractivity contribution < 1.29 is 23.5 Å². The van der Waals surface area contributed by atoms with Crippen molar-refractivity contribution in [3.8, 4) is 0 Å². The molecule has 1 heterocycles. The van der Waals surface area contributed by atoms with Gasteiger partial charge in [0.1, 0.15) is 11.6 Å². The zero-order chi connectivity index (χ0) is 17.0. The number of halogens is 2. The highest BCUT2D eigenvalue weighted by molar-refractivity contribution is 5.76. The van der Waals surface area contributed by atoms with Gasteiger partial charge in [0, 0.05) is 25.2 Å². The topological polar surface area (TPSA) is 69.6 Å². The molecule has 0 aromatic heterocycles. The minimum absolute atomic E-state index is 0.0377. The number of hydrogen-bond acceptors (Lipinski definition) is 2. The lowest BCUT2D eigenvalue weighted by atomic mass is 9.91. The molecular formula is C16H20F2N2O3. The van der Waals surface area contributed by atoms with Crippen molar-refractivity contribution in [3.05, 3.63) is 35.4 Å². The Morgan fingerprint density at radius 2 is 1.96 bits per heavy atom. The fourth-order valence-electron chi connectivity index (χ4n) is 2.87. The lowest BCUT2D eigenvalue weighted by Crippen LogP contribution is -2.49. The van der Waals surface area contributed by atoms with Crippen molar-refractivity contribution in [1.29, 1.82) is 0 Å². The van der Waals surface area contributed by atoms with E-state index in [-0.39, 0.29) is 31.0 Å². The summed E-state index contributed by atoms with van der Waals surface area (Å²) in [5.41, 5.74) is -0.0665. The van der Waals surface area contributed by atoms with Crippen LogP contribution in [0.15, 0.2) is 18.2 Å². The number of carboxylic acids is 1. The van der Waals surface area contributed by atoms with Gasteiger partial charge in [-0.1, -0.05) is 13.0 Å². The number of carbonyl (C=O) groups is 2. The molecule has 0 spiro atoms. The second-order valence-electron chi connectivity index (χ2n) is 5.96. The van der Waals surface area contributed by atoms with Crippen LogP contribution in [0.25, 0.3) is 0 Å². The largest absolute Gasteiger partial charge is 0.481 e. The van der Waals surface area contributed by atoms with Crippen molar-refractivity contribution in [2.45, 2.75) is 19.8 Å². The van der Waals surface area contributed by atoms with Gasteiger partial charge in [-0.25, -0.2) is 13.6 Å². The Hall–Kier alpha value is -2.18. The summed E-state index contributed by atoms with van der Waals surface area (Å²) in [4.78, 5) is 24.7. The first-order valence-electron chi connectivity index (χ1n) is 7.57. The van der Waals surface area contributed by atoms with Gasteiger partial charge in [0.2, 0.25) is 0 Å². The molecule has 0 bridgehead atoms. The fourth-order valence-corrected chi connectivity index (χ4v) is 2.87. The third kappa shape index (κ3) is 4.40. The Bertz CT molecular complexity index is 574. The molecule has 0 saturated carbocycles. The summed E-state index contributed by atoms with van der Waals surface area (Å²) in [6.07, 6.45) is 0.579. The van der Waals surface area contributed by atoms with Gasteiger partial charge in [0.25, 0.3) is 0 Å². The molecule has 2 amide bonds. The molecule has 2 N–H and O–H groups in total. The van der Waals surface area contributed by atoms with Crippen LogP contribution in [0.4, 0.5) is 13.6 Å². The average molecular weight is 326 g/mol. The standard InChI is InChI=1S/C16H20F2N2O3/c1-10-7-11(15(21)22)9-20(8-10)16(23)19-6-5-12-13(17)3-2-4-14(12)18/h2-4,10-11H,5-9H2,1H3,(H,19,23)(H,21,22). The number of nitrogens with zero attached hydrogens (tertiary/aromatic N) is 1. The van der Waals surface area contributed by atoms with Crippen LogP contribution in [-0.2, 0) is 11.2 Å². The van der Waals surface area contributed by atoms with E-state index in [0.29, 0.717) is 13.0 Å². The highest BCUT2D eigenvalue weighted by atomic mass is 19.1. The molecule has 5 nitrogen and oxygen atoms in total. The van der Waals surface area contributed by atoms with Crippen molar-refractivity contribution in [1.82, 2.24) is 10.2 Å². The summed E-state index contributed by atoms with van der Waals surface area (Å²) >= 11 is 0. The van der Waals surface area contributed by atoms with Gasteiger partial charge in [0.05, 0.1) is 5.92 Å². The molecule has 2 rings (SSSR count). The molecule has 23 heavy (non-hydrogen) atoms. The predicted molar refractivity (Wildman–Crippen MR) is 79.9 cm³/mol. The smallest absolute Gasteiger partial charge is 0.317 e. The van der Waals surface area contributed by atoms with E-state index in [2.05, 4.69) is 5.32 Å². The van der Waals surface area contributed by atoms with E-state index in [4.69, 9.17) is 5.11 Å². The van der Waals surface area contributed by atoms with Gasteiger partial charge >= 0.3 is 12.0 Å². The quantitative estimate of drug-likeness (QED) is 0.892. The Morgan fingerprint density at radius 3 is 2.57 bits per heavy atom. The monoisotopic (exact) mass is 326 g/mol. The predicted octanol–water partition coefficient (Wildman–Crippen LogP) is 2.26. The zero-order valence-corrected chi connectivity index (χ0v) is 12.9. The summed E-state index contributed by atoms with van der Waals surface area (Å²) in [6, 6.07) is 3.22. The number of piperidine rings is 1. The molecule has 1 aromatic carbocycles. The lowest BCUT2D eigenvalue weighted by molar-refractivity contribution is -0.143. The Morgan fingerprint density at radius 1 is 1.30 bits per heavy atom. The maximum atomic E-state index is 13.5. The van der Waals surface area contributed by atoms with Crippen molar-refractivity contribution in [2.75, 3.05) is 19.6 Å². The van der Waals surface area contributed by atoms with Crippen LogP contribution in [0, 0.1) is 23.5 Å². The van der Waals surface area contributed by atoms with E-state index in [1.54, 1.807) is 0 Å². The van der Waals surface area contributed by atoms with Gasteiger partial charge in [-0.05, 0) is 30.9 Å². The first-order valence-corrected chi connectivity index (χ1v) is 7.57. The molecule has 1 aromatic rings. The number of nitrogens with one attached hydrogen (secondary N) is 1. The lowest BCUT2D eigenvalue weighted by Gasteiger charge is -2.34. The van der Waals surface area contributed by atoms with Crippen LogP contribution in [0.3, 0.4) is 0 Å². The van der Waals surface area contributed by atoms with Gasteiger partial charge in [-0.15, -0.1) is 0 Å². The molecule has 1 aliphatic rings. The number of amides is 2. The minimum atomic E-state index is -0.914. The van der Waals surface area contributed by atoms with Crippen LogP contribution in [-0.4, -0.2) is 41.6 Å². The molecule has 0 aliphatic carbocycles. The van der Waals surface area contributed by atoms with Gasteiger partial charge in [-0.3, -0.25) is 4.79 Å². The van der Waals surface area contributed by atoms with E-state index < -0.39 is 29.6 Å². The molecule has 0 radical (unpaired) electrons. The van der Waals surface area contributed by atoms with Crippen molar-refractivity contribution in [2.24, 2.45) is 11.8 Å². The van der Waals surface area contributed by atoms with E-state index in [1.807, 2.05) is 6.92 Å². The van der Waals surface area contributed by atoms with Crippen LogP contribution < -0.4 is 5.32 Å². The maximum Gasteiger partial charge on any atom is 0.317 e. The molecule has 1 fully saturated rings. The van der Waals surface area contributed by atoms with Crippen LogP contribution in [0.1, 0.15) is 18.9 Å². The second-order valence-corrected chi connectivity index (χ2v) is 5.96. The number of benzene rings is 1. The minimum Gasteiger partial charge on any atom is -0.481 e. The SMILES string of the molecule is CC1CC(C(=O)O)CN(C(=O)NCCc2c(F)cccc2F)C1. The van der Waals surface area contributed by atoms with Crippen LogP contribution in [0.2, 0.25) is 0 Å². The number of carbonyl (C=O) groups excluding carboxylic acids is 1. The highest BCUT2D eigenvalue weighted by Crippen LogP contribution is 2.21. The van der Waals surface area contributed by atoms with E-state index >= 15 is 0 Å². The Labute approximate surface area is 133 Å². The zero-order valence-electron chi connectivity index (χ0n) is 12.9. The third-order valence-corrected chi connectivity index (χ3v) is 4.01. The van der Waals surface area contributed by atoms with E-state index in [0.717, 1.165) is 0 Å². The summed E-state index contributed by atoms with van der Waals surface area (Å²) in [5, 5.41) is 11.7. The van der Waals surface area contributed by atoms with Crippen molar-refractivity contribution in [3.63, 3.8) is 0 Å². The number of carboxylic acid groups (broad SMARTS) is 1. The highest BCUT2D eigenvalue weighted by Gasteiger charge is 2.31. The first kappa shape index (κ1) is 17.2. The second kappa shape index (κ2) is 7.39.